The Kier molecular flexibility index (Phi) is 8.10. The summed E-state index contributed by atoms with van der Waals surface area (Å²) in [6.07, 6.45) is 3.71. The van der Waals surface area contributed by atoms with Gasteiger partial charge in [0.1, 0.15) is 0 Å². The Balaban J connectivity index is 2.41. The maximum absolute atomic E-state index is 11.6. The van der Waals surface area contributed by atoms with Gasteiger partial charge in [-0.3, -0.25) is 9.59 Å². The molecular formula is C15H19BrN2O5. The lowest BCUT2D eigenvalue weighted by Crippen LogP contribution is -2.17. The molecule has 0 bridgehead atoms. The molecule has 0 aliphatic carbocycles. The van der Waals surface area contributed by atoms with Crippen LogP contribution in [-0.2, 0) is 9.59 Å². The summed E-state index contributed by atoms with van der Waals surface area (Å²) in [6, 6.07) is 3.06. The molecule has 0 fully saturated rings. The molecule has 126 valence electrons. The first kappa shape index (κ1) is 19.0. The molecule has 1 rings (SSSR count). The number of unbranched alkanes of at least 4 members (excludes halogenated alkanes) is 2. The van der Waals surface area contributed by atoms with Gasteiger partial charge in [0.25, 0.3) is 0 Å². The molecular weight excluding hydrogens is 368 g/mol. The number of benzene rings is 1. The van der Waals surface area contributed by atoms with Crippen LogP contribution < -0.4 is 10.2 Å². The predicted molar refractivity (Wildman–Crippen MR) is 88.8 cm³/mol. The number of hydrogen-bond acceptors (Lipinski definition) is 5. The molecule has 0 atom stereocenters. The second-order valence-corrected chi connectivity index (χ2v) is 5.65. The first-order valence-corrected chi connectivity index (χ1v) is 7.83. The summed E-state index contributed by atoms with van der Waals surface area (Å²) < 4.78 is 5.61. The second-order valence-electron chi connectivity index (χ2n) is 4.79. The van der Waals surface area contributed by atoms with E-state index in [1.807, 2.05) is 0 Å². The average molecular weight is 387 g/mol. The van der Waals surface area contributed by atoms with Crippen molar-refractivity contribution >= 4 is 34.0 Å². The summed E-state index contributed by atoms with van der Waals surface area (Å²) >= 11 is 3.28. The summed E-state index contributed by atoms with van der Waals surface area (Å²) in [6.45, 7) is 0. The Labute approximate surface area is 142 Å². The number of aromatic hydroxyl groups is 1. The monoisotopic (exact) mass is 386 g/mol. The topological polar surface area (TPSA) is 108 Å². The standard InChI is InChI=1S/C15H19BrN2O5/c1-23-13-7-10(11(16)8-12(13)19)9-17-18-14(20)5-3-2-4-6-15(21)22/h7-9,19H,2-6H2,1H3,(H,18,20)(H,21,22)/b17-9+. The predicted octanol–water partition coefficient (Wildman–Crippen LogP) is 2.65. The largest absolute Gasteiger partial charge is 0.504 e. The number of amides is 1. The van der Waals surface area contributed by atoms with Gasteiger partial charge in [-0.05, 0) is 40.9 Å². The van der Waals surface area contributed by atoms with E-state index in [2.05, 4.69) is 26.5 Å². The summed E-state index contributed by atoms with van der Waals surface area (Å²) in [5.74, 6) is -0.756. The van der Waals surface area contributed by atoms with E-state index in [1.165, 1.54) is 19.4 Å². The fourth-order valence-corrected chi connectivity index (χ4v) is 2.22. The number of carboxylic acids is 1. The third-order valence-electron chi connectivity index (χ3n) is 2.99. The molecule has 8 heteroatoms. The van der Waals surface area contributed by atoms with Crippen molar-refractivity contribution in [3.8, 4) is 11.5 Å². The van der Waals surface area contributed by atoms with Crippen molar-refractivity contribution < 1.29 is 24.5 Å². The minimum Gasteiger partial charge on any atom is -0.504 e. The molecule has 3 N–H and O–H groups in total. The van der Waals surface area contributed by atoms with E-state index < -0.39 is 5.97 Å². The number of phenolic OH excluding ortho intramolecular Hbond substituents is 1. The highest BCUT2D eigenvalue weighted by molar-refractivity contribution is 9.10. The smallest absolute Gasteiger partial charge is 0.303 e. The van der Waals surface area contributed by atoms with Gasteiger partial charge in [-0.1, -0.05) is 6.42 Å². The normalized spacial score (nSPS) is 10.7. The highest BCUT2D eigenvalue weighted by Gasteiger charge is 2.07. The molecule has 0 aliphatic rings. The van der Waals surface area contributed by atoms with Crippen LogP contribution >= 0.6 is 15.9 Å². The summed E-state index contributed by atoms with van der Waals surface area (Å²) in [4.78, 5) is 21.9. The van der Waals surface area contributed by atoms with Gasteiger partial charge in [-0.2, -0.15) is 5.10 Å². The molecule has 1 aromatic rings. The summed E-state index contributed by atoms with van der Waals surface area (Å²) in [5, 5.41) is 21.9. The van der Waals surface area contributed by atoms with Crippen molar-refractivity contribution in [3.05, 3.63) is 22.2 Å². The fourth-order valence-electron chi connectivity index (χ4n) is 1.79. The zero-order chi connectivity index (χ0) is 17.2. The number of carbonyl (C=O) groups excluding carboxylic acids is 1. The van der Waals surface area contributed by atoms with Gasteiger partial charge < -0.3 is 14.9 Å². The molecule has 23 heavy (non-hydrogen) atoms. The molecule has 0 radical (unpaired) electrons. The van der Waals surface area contributed by atoms with E-state index in [0.717, 1.165) is 0 Å². The molecule has 0 saturated heterocycles. The maximum atomic E-state index is 11.6. The number of nitrogens with zero attached hydrogens (tertiary/aromatic N) is 1. The van der Waals surface area contributed by atoms with E-state index in [-0.39, 0.29) is 24.5 Å². The van der Waals surface area contributed by atoms with Crippen LogP contribution in [0, 0.1) is 0 Å². The number of aliphatic carboxylic acids is 1. The third kappa shape index (κ3) is 7.14. The molecule has 0 unspecified atom stereocenters. The van der Waals surface area contributed by atoms with Crippen molar-refractivity contribution in [2.75, 3.05) is 7.11 Å². The quantitative estimate of drug-likeness (QED) is 0.343. The molecule has 1 aromatic carbocycles. The second kappa shape index (κ2) is 9.83. The zero-order valence-electron chi connectivity index (χ0n) is 12.7. The highest BCUT2D eigenvalue weighted by Crippen LogP contribution is 2.31. The Hall–Kier alpha value is -2.09. The van der Waals surface area contributed by atoms with E-state index in [1.54, 1.807) is 6.07 Å². The number of rotatable bonds is 9. The van der Waals surface area contributed by atoms with Gasteiger partial charge in [-0.25, -0.2) is 5.43 Å². The van der Waals surface area contributed by atoms with Crippen LogP contribution in [0.4, 0.5) is 0 Å². The van der Waals surface area contributed by atoms with Crippen LogP contribution in [-0.4, -0.2) is 35.4 Å². The van der Waals surface area contributed by atoms with E-state index in [4.69, 9.17) is 9.84 Å². The molecule has 0 heterocycles. The van der Waals surface area contributed by atoms with Crippen LogP contribution in [0.25, 0.3) is 0 Å². The summed E-state index contributed by atoms with van der Waals surface area (Å²) in [7, 11) is 1.44. The van der Waals surface area contributed by atoms with Gasteiger partial charge in [0.05, 0.1) is 13.3 Å². The Bertz CT molecular complexity index is 589. The van der Waals surface area contributed by atoms with Crippen LogP contribution in [0.15, 0.2) is 21.7 Å². The minimum absolute atomic E-state index is 0.00178. The van der Waals surface area contributed by atoms with Crippen molar-refractivity contribution in [1.29, 1.82) is 0 Å². The Morgan fingerprint density at radius 1 is 1.30 bits per heavy atom. The Morgan fingerprint density at radius 2 is 2.00 bits per heavy atom. The lowest BCUT2D eigenvalue weighted by Gasteiger charge is -2.06. The fraction of sp³-hybridized carbons (Fsp3) is 0.400. The lowest BCUT2D eigenvalue weighted by molar-refractivity contribution is -0.137. The minimum atomic E-state index is -0.825. The van der Waals surface area contributed by atoms with E-state index >= 15 is 0 Å². The summed E-state index contributed by atoms with van der Waals surface area (Å²) in [5.41, 5.74) is 3.04. The zero-order valence-corrected chi connectivity index (χ0v) is 14.3. The maximum Gasteiger partial charge on any atom is 0.303 e. The van der Waals surface area contributed by atoms with Crippen LogP contribution in [0.5, 0.6) is 11.5 Å². The number of halogens is 1. The first-order valence-electron chi connectivity index (χ1n) is 7.04. The molecule has 0 saturated carbocycles. The van der Waals surface area contributed by atoms with Crippen molar-refractivity contribution in [3.63, 3.8) is 0 Å². The number of hydrogen-bond donors (Lipinski definition) is 3. The SMILES string of the molecule is COc1cc(/C=N/NC(=O)CCCCCC(=O)O)c(Br)cc1O. The van der Waals surface area contributed by atoms with Crippen LogP contribution in [0.2, 0.25) is 0 Å². The Morgan fingerprint density at radius 3 is 2.65 bits per heavy atom. The molecule has 0 aromatic heterocycles. The highest BCUT2D eigenvalue weighted by atomic mass is 79.9. The molecule has 7 nitrogen and oxygen atoms in total. The van der Waals surface area contributed by atoms with Gasteiger partial charge in [0, 0.05) is 22.9 Å². The number of carbonyl (C=O) groups is 2. The number of methoxy groups -OCH3 is 1. The van der Waals surface area contributed by atoms with Crippen molar-refractivity contribution in [2.45, 2.75) is 32.1 Å². The van der Waals surface area contributed by atoms with Gasteiger partial charge in [-0.15, -0.1) is 0 Å². The van der Waals surface area contributed by atoms with Crippen LogP contribution in [0.3, 0.4) is 0 Å². The molecule has 0 spiro atoms. The lowest BCUT2D eigenvalue weighted by atomic mass is 10.1. The van der Waals surface area contributed by atoms with Crippen molar-refractivity contribution in [2.24, 2.45) is 5.10 Å². The number of carboxylic acid groups (broad SMARTS) is 1. The van der Waals surface area contributed by atoms with Crippen molar-refractivity contribution in [1.82, 2.24) is 5.43 Å². The van der Waals surface area contributed by atoms with Gasteiger partial charge >= 0.3 is 5.97 Å². The van der Waals surface area contributed by atoms with Gasteiger partial charge in [0.15, 0.2) is 11.5 Å². The van der Waals surface area contributed by atoms with E-state index in [0.29, 0.717) is 35.0 Å². The third-order valence-corrected chi connectivity index (χ3v) is 3.67. The number of nitrogens with one attached hydrogen (secondary N) is 1. The number of ether oxygens (including phenoxy) is 1. The molecule has 0 aliphatic heterocycles. The first-order chi connectivity index (χ1) is 10.9. The van der Waals surface area contributed by atoms with Crippen LogP contribution in [0.1, 0.15) is 37.7 Å². The van der Waals surface area contributed by atoms with Gasteiger partial charge in [0.2, 0.25) is 5.91 Å². The van der Waals surface area contributed by atoms with E-state index in [9.17, 15) is 14.7 Å². The number of hydrazone groups is 1. The average Bonchev–Trinajstić information content (AvgIpc) is 2.48. The molecule has 1 amide bonds. The number of phenols is 1.